The molecule has 0 fully saturated rings. The quantitative estimate of drug-likeness (QED) is 0.277. The molecule has 2 aromatic rings. The predicted octanol–water partition coefficient (Wildman–Crippen LogP) is 6.73. The van der Waals surface area contributed by atoms with Crippen LogP contribution >= 0.6 is 0 Å². The Balaban J connectivity index is 2.37. The van der Waals surface area contributed by atoms with E-state index < -0.39 is 0 Å². The highest BCUT2D eigenvalue weighted by atomic mass is 16.5. The zero-order valence-corrected chi connectivity index (χ0v) is 20.0. The van der Waals surface area contributed by atoms with Crippen molar-refractivity contribution < 1.29 is 14.2 Å². The van der Waals surface area contributed by atoms with Gasteiger partial charge in [0.2, 0.25) is 5.75 Å². The number of aryl methyl sites for hydroxylation is 1. The Morgan fingerprint density at radius 3 is 2.13 bits per heavy atom. The highest BCUT2D eigenvalue weighted by Crippen LogP contribution is 2.35. The molecule has 0 aliphatic rings. The van der Waals surface area contributed by atoms with E-state index in [-0.39, 0.29) is 5.56 Å². The lowest BCUT2D eigenvalue weighted by molar-refractivity contribution is 0.257. The summed E-state index contributed by atoms with van der Waals surface area (Å²) in [6.45, 7) is 8.26. The Bertz CT molecular complexity index is 843. The highest BCUT2D eigenvalue weighted by Gasteiger charge is 2.20. The maximum atomic E-state index is 13.5. The molecule has 0 saturated heterocycles. The molecule has 0 saturated carbocycles. The van der Waals surface area contributed by atoms with Gasteiger partial charge in [-0.3, -0.25) is 4.79 Å². The summed E-state index contributed by atoms with van der Waals surface area (Å²) in [5.41, 5.74) is 0.739. The van der Waals surface area contributed by atoms with E-state index in [9.17, 15) is 4.79 Å². The minimum atomic E-state index is -0.105. The van der Waals surface area contributed by atoms with Gasteiger partial charge in [0.25, 0.3) is 5.56 Å². The van der Waals surface area contributed by atoms with Crippen LogP contribution in [0.3, 0.4) is 0 Å². The van der Waals surface area contributed by atoms with Gasteiger partial charge in [-0.1, -0.05) is 65.7 Å². The molecule has 0 amide bonds. The molecule has 5 nitrogen and oxygen atoms in total. The third-order valence-electron chi connectivity index (χ3n) is 5.61. The summed E-state index contributed by atoms with van der Waals surface area (Å²) >= 11 is 0. The maximum Gasteiger partial charge on any atom is 0.297 e. The standard InChI is InChI=1S/C26H41NO4/c1-5-8-11-12-13-14-19-31-25-24(30-18-10-7-3)22-16-15-21(29-4)20-23(22)27(26(25)28)17-9-6-2/h15-16,20H,5-14,17-19H2,1-4H3. The van der Waals surface area contributed by atoms with Crippen LogP contribution in [-0.4, -0.2) is 24.9 Å². The van der Waals surface area contributed by atoms with Gasteiger partial charge in [0, 0.05) is 18.0 Å². The van der Waals surface area contributed by atoms with Crippen molar-refractivity contribution in [3.63, 3.8) is 0 Å². The average molecular weight is 432 g/mol. The van der Waals surface area contributed by atoms with Gasteiger partial charge in [0.1, 0.15) is 5.75 Å². The molecule has 0 radical (unpaired) electrons. The molecule has 2 rings (SSSR count). The van der Waals surface area contributed by atoms with Crippen molar-refractivity contribution >= 4 is 10.9 Å². The Labute approximate surface area is 187 Å². The number of rotatable bonds is 16. The van der Waals surface area contributed by atoms with E-state index in [1.165, 1.54) is 25.7 Å². The molecule has 0 aliphatic heterocycles. The molecule has 0 spiro atoms. The van der Waals surface area contributed by atoms with E-state index in [0.717, 1.165) is 55.2 Å². The van der Waals surface area contributed by atoms with Crippen molar-refractivity contribution in [1.29, 1.82) is 0 Å². The Morgan fingerprint density at radius 2 is 1.42 bits per heavy atom. The van der Waals surface area contributed by atoms with Crippen molar-refractivity contribution in [2.24, 2.45) is 0 Å². The maximum absolute atomic E-state index is 13.5. The molecule has 0 bridgehead atoms. The van der Waals surface area contributed by atoms with Gasteiger partial charge in [0.05, 0.1) is 25.8 Å². The number of nitrogens with zero attached hydrogens (tertiary/aromatic N) is 1. The first-order chi connectivity index (χ1) is 15.2. The number of hydrogen-bond donors (Lipinski definition) is 0. The van der Waals surface area contributed by atoms with Gasteiger partial charge < -0.3 is 18.8 Å². The third kappa shape index (κ3) is 7.19. The fraction of sp³-hybridized carbons (Fsp3) is 0.654. The number of fused-ring (bicyclic) bond motifs is 1. The molecule has 1 heterocycles. The van der Waals surface area contributed by atoms with E-state index in [2.05, 4.69) is 20.8 Å². The Kier molecular flexibility index (Phi) is 11.3. The van der Waals surface area contributed by atoms with Crippen LogP contribution in [0.2, 0.25) is 0 Å². The second-order valence-electron chi connectivity index (χ2n) is 8.17. The predicted molar refractivity (Wildman–Crippen MR) is 129 cm³/mol. The summed E-state index contributed by atoms with van der Waals surface area (Å²) in [5.74, 6) is 1.67. The summed E-state index contributed by atoms with van der Waals surface area (Å²) in [6, 6.07) is 5.83. The number of pyridine rings is 1. The fourth-order valence-electron chi connectivity index (χ4n) is 3.69. The van der Waals surface area contributed by atoms with Crippen LogP contribution in [-0.2, 0) is 6.54 Å². The molecule has 1 aromatic heterocycles. The topological polar surface area (TPSA) is 49.7 Å². The van der Waals surface area contributed by atoms with Gasteiger partial charge in [0.15, 0.2) is 5.75 Å². The molecular formula is C26H41NO4. The number of ether oxygens (including phenoxy) is 3. The first-order valence-electron chi connectivity index (χ1n) is 12.2. The first-order valence-corrected chi connectivity index (χ1v) is 12.2. The summed E-state index contributed by atoms with van der Waals surface area (Å²) in [4.78, 5) is 13.5. The molecule has 0 unspecified atom stereocenters. The summed E-state index contributed by atoms with van der Waals surface area (Å²) in [5, 5.41) is 0.908. The smallest absolute Gasteiger partial charge is 0.297 e. The van der Waals surface area contributed by atoms with Crippen molar-refractivity contribution in [1.82, 2.24) is 4.57 Å². The van der Waals surface area contributed by atoms with E-state index in [0.29, 0.717) is 31.3 Å². The number of hydrogen-bond acceptors (Lipinski definition) is 4. The van der Waals surface area contributed by atoms with E-state index in [4.69, 9.17) is 14.2 Å². The number of benzene rings is 1. The second kappa shape index (κ2) is 14.0. The monoisotopic (exact) mass is 431 g/mol. The van der Waals surface area contributed by atoms with E-state index >= 15 is 0 Å². The Morgan fingerprint density at radius 1 is 0.774 bits per heavy atom. The summed E-state index contributed by atoms with van der Waals surface area (Å²) < 4.78 is 19.5. The normalized spacial score (nSPS) is 11.1. The molecule has 174 valence electrons. The minimum absolute atomic E-state index is 0.105. The van der Waals surface area contributed by atoms with Crippen LogP contribution in [0.1, 0.15) is 85.0 Å². The van der Waals surface area contributed by atoms with Gasteiger partial charge >= 0.3 is 0 Å². The van der Waals surface area contributed by atoms with E-state index in [1.54, 1.807) is 7.11 Å². The van der Waals surface area contributed by atoms with Crippen LogP contribution < -0.4 is 19.8 Å². The van der Waals surface area contributed by atoms with Crippen molar-refractivity contribution in [3.8, 4) is 17.2 Å². The lowest BCUT2D eigenvalue weighted by Gasteiger charge is -2.19. The lowest BCUT2D eigenvalue weighted by atomic mass is 10.1. The van der Waals surface area contributed by atoms with Crippen molar-refractivity contribution in [2.75, 3.05) is 20.3 Å². The molecule has 1 aromatic carbocycles. The largest absolute Gasteiger partial charge is 0.497 e. The summed E-state index contributed by atoms with van der Waals surface area (Å²) in [7, 11) is 1.65. The Hall–Kier alpha value is -2.17. The number of unbranched alkanes of at least 4 members (excludes halogenated alkanes) is 7. The molecule has 0 atom stereocenters. The SMILES string of the molecule is CCCCCCCCOc1c(OCCCC)c2ccc(OC)cc2n(CCCC)c1=O. The third-order valence-corrected chi connectivity index (χ3v) is 5.61. The average Bonchev–Trinajstić information content (AvgIpc) is 2.79. The zero-order chi connectivity index (χ0) is 22.5. The minimum Gasteiger partial charge on any atom is -0.497 e. The van der Waals surface area contributed by atoms with Crippen LogP contribution in [0.15, 0.2) is 23.0 Å². The molecular weight excluding hydrogens is 390 g/mol. The summed E-state index contributed by atoms with van der Waals surface area (Å²) in [6.07, 6.45) is 11.0. The van der Waals surface area contributed by atoms with Crippen LogP contribution in [0.4, 0.5) is 0 Å². The van der Waals surface area contributed by atoms with Crippen molar-refractivity contribution in [2.45, 2.75) is 91.5 Å². The van der Waals surface area contributed by atoms with E-state index in [1.807, 2.05) is 22.8 Å². The molecule has 0 aliphatic carbocycles. The van der Waals surface area contributed by atoms with Gasteiger partial charge in [-0.25, -0.2) is 0 Å². The molecule has 0 N–H and O–H groups in total. The number of methoxy groups -OCH3 is 1. The van der Waals surface area contributed by atoms with Crippen LogP contribution in [0.25, 0.3) is 10.9 Å². The van der Waals surface area contributed by atoms with Crippen molar-refractivity contribution in [3.05, 3.63) is 28.6 Å². The first kappa shape index (κ1) is 25.1. The molecule has 5 heteroatoms. The number of aromatic nitrogens is 1. The zero-order valence-electron chi connectivity index (χ0n) is 20.0. The van der Waals surface area contributed by atoms with Gasteiger partial charge in [-0.15, -0.1) is 0 Å². The van der Waals surface area contributed by atoms with Crippen LogP contribution in [0, 0.1) is 0 Å². The second-order valence-corrected chi connectivity index (χ2v) is 8.17. The lowest BCUT2D eigenvalue weighted by Crippen LogP contribution is -2.24. The molecule has 31 heavy (non-hydrogen) atoms. The van der Waals surface area contributed by atoms with Gasteiger partial charge in [-0.05, 0) is 31.4 Å². The fourth-order valence-corrected chi connectivity index (χ4v) is 3.69. The van der Waals surface area contributed by atoms with Crippen LogP contribution in [0.5, 0.6) is 17.2 Å². The highest BCUT2D eigenvalue weighted by molar-refractivity contribution is 5.89. The van der Waals surface area contributed by atoms with Gasteiger partial charge in [-0.2, -0.15) is 0 Å².